The van der Waals surface area contributed by atoms with Gasteiger partial charge in [-0.1, -0.05) is 6.07 Å². The lowest BCUT2D eigenvalue weighted by molar-refractivity contribution is -0.121. The zero-order valence-electron chi connectivity index (χ0n) is 11.3. The first kappa shape index (κ1) is 15.5. The molecule has 0 spiro atoms. The van der Waals surface area contributed by atoms with Crippen molar-refractivity contribution in [3.63, 3.8) is 0 Å². The summed E-state index contributed by atoms with van der Waals surface area (Å²) in [5.74, 6) is -0.339. The van der Waals surface area contributed by atoms with Gasteiger partial charge < -0.3 is 11.1 Å². The van der Waals surface area contributed by atoms with Crippen LogP contribution in [-0.2, 0) is 14.8 Å². The fraction of sp³-hybridized carbons (Fsp3) is 0.417. The van der Waals surface area contributed by atoms with Crippen molar-refractivity contribution in [2.45, 2.75) is 18.7 Å². The largest absolute Gasteiger partial charge is 0.398 e. The molecule has 0 aliphatic carbocycles. The van der Waals surface area contributed by atoms with Gasteiger partial charge >= 0.3 is 0 Å². The third-order valence-electron chi connectivity index (χ3n) is 2.70. The van der Waals surface area contributed by atoms with E-state index < -0.39 is 10.0 Å². The molecule has 0 aliphatic rings. The number of nitrogen functional groups attached to an aromatic ring is 1. The summed E-state index contributed by atoms with van der Waals surface area (Å²) in [7, 11) is -2.34. The average molecular weight is 285 g/mol. The van der Waals surface area contributed by atoms with Crippen molar-refractivity contribution in [2.75, 3.05) is 25.9 Å². The van der Waals surface area contributed by atoms with Crippen molar-refractivity contribution in [1.29, 1.82) is 0 Å². The van der Waals surface area contributed by atoms with E-state index in [-0.39, 0.29) is 17.3 Å². The molecule has 0 fully saturated rings. The van der Waals surface area contributed by atoms with E-state index in [0.29, 0.717) is 12.2 Å². The highest BCUT2D eigenvalue weighted by Gasteiger charge is 2.23. The van der Waals surface area contributed by atoms with E-state index in [1.807, 2.05) is 0 Å². The van der Waals surface area contributed by atoms with Gasteiger partial charge in [-0.25, -0.2) is 8.42 Å². The maximum Gasteiger partial charge on any atom is 0.243 e. The van der Waals surface area contributed by atoms with Crippen molar-refractivity contribution in [3.8, 4) is 0 Å². The maximum absolute atomic E-state index is 12.2. The molecule has 0 heterocycles. The Labute approximate surface area is 113 Å². The number of likely N-dealkylation sites (N-methyl/N-ethyl adjacent to an activating group) is 2. The molecular weight excluding hydrogens is 266 g/mol. The molecule has 0 saturated heterocycles. The number of carbonyl (C=O) groups excluding carboxylic acids is 1. The molecule has 1 amide bonds. The van der Waals surface area contributed by atoms with Crippen molar-refractivity contribution >= 4 is 21.6 Å². The van der Waals surface area contributed by atoms with Crippen LogP contribution >= 0.6 is 0 Å². The van der Waals surface area contributed by atoms with Gasteiger partial charge in [-0.15, -0.1) is 0 Å². The van der Waals surface area contributed by atoms with Gasteiger partial charge in [0.1, 0.15) is 0 Å². The number of carbonyl (C=O) groups is 1. The zero-order chi connectivity index (χ0) is 14.6. The van der Waals surface area contributed by atoms with Gasteiger partial charge in [-0.3, -0.25) is 4.79 Å². The molecule has 1 aromatic rings. The summed E-state index contributed by atoms with van der Waals surface area (Å²) in [5.41, 5.74) is 6.92. The van der Waals surface area contributed by atoms with E-state index in [2.05, 4.69) is 5.32 Å². The fourth-order valence-electron chi connectivity index (χ4n) is 1.50. The van der Waals surface area contributed by atoms with Crippen LogP contribution in [0.5, 0.6) is 0 Å². The fourth-order valence-corrected chi connectivity index (χ4v) is 2.66. The first-order valence-corrected chi connectivity index (χ1v) is 7.32. The molecule has 0 atom stereocenters. The molecule has 19 heavy (non-hydrogen) atoms. The number of benzene rings is 1. The zero-order valence-corrected chi connectivity index (χ0v) is 12.1. The van der Waals surface area contributed by atoms with Crippen LogP contribution in [0.4, 0.5) is 5.69 Å². The van der Waals surface area contributed by atoms with E-state index in [1.165, 1.54) is 19.2 Å². The number of rotatable bonds is 5. The summed E-state index contributed by atoms with van der Waals surface area (Å²) < 4.78 is 25.5. The highest BCUT2D eigenvalue weighted by Crippen LogP contribution is 2.19. The number of nitrogens with two attached hydrogens (primary N) is 1. The van der Waals surface area contributed by atoms with E-state index in [1.54, 1.807) is 19.9 Å². The van der Waals surface area contributed by atoms with Crippen molar-refractivity contribution in [1.82, 2.24) is 9.62 Å². The third-order valence-corrected chi connectivity index (χ3v) is 4.50. The number of nitrogens with one attached hydrogen (secondary N) is 1. The molecule has 7 heteroatoms. The van der Waals surface area contributed by atoms with Crippen molar-refractivity contribution in [2.24, 2.45) is 0 Å². The van der Waals surface area contributed by atoms with Crippen LogP contribution in [0.3, 0.4) is 0 Å². The summed E-state index contributed by atoms with van der Waals surface area (Å²) in [6.45, 7) is 3.81. The second kappa shape index (κ2) is 6.03. The Kier molecular flexibility index (Phi) is 4.90. The Hall–Kier alpha value is -1.60. The predicted molar refractivity (Wildman–Crippen MR) is 74.1 cm³/mol. The Bertz CT molecular complexity index is 570. The van der Waals surface area contributed by atoms with Crippen LogP contribution in [0.2, 0.25) is 0 Å². The van der Waals surface area contributed by atoms with Crippen LogP contribution in [0.25, 0.3) is 0 Å². The summed E-state index contributed by atoms with van der Waals surface area (Å²) in [6, 6.07) is 4.52. The number of nitrogens with zero attached hydrogens (tertiary/aromatic N) is 1. The quantitative estimate of drug-likeness (QED) is 0.763. The molecule has 1 aromatic carbocycles. The third kappa shape index (κ3) is 3.68. The predicted octanol–water partition coefficient (Wildman–Crippen LogP) is 0.334. The molecule has 106 valence electrons. The standard InChI is InChI=1S/C12H19N3O3S/c1-4-14-12(16)8-15(3)19(17,18)10-6-5-9(2)11(13)7-10/h5-7H,4,8,13H2,1-3H3,(H,14,16). The average Bonchev–Trinajstić information content (AvgIpc) is 2.32. The van der Waals surface area contributed by atoms with Crippen LogP contribution in [-0.4, -0.2) is 38.8 Å². The SMILES string of the molecule is CCNC(=O)CN(C)S(=O)(=O)c1ccc(C)c(N)c1. The molecule has 3 N–H and O–H groups in total. The molecule has 6 nitrogen and oxygen atoms in total. The first-order valence-electron chi connectivity index (χ1n) is 5.88. The number of hydrogen-bond donors (Lipinski definition) is 2. The van der Waals surface area contributed by atoms with Gasteiger partial charge in [0, 0.05) is 19.3 Å². The molecular formula is C12H19N3O3S. The Balaban J connectivity index is 2.96. The molecule has 0 bridgehead atoms. The van der Waals surface area contributed by atoms with E-state index >= 15 is 0 Å². The topological polar surface area (TPSA) is 92.5 Å². The number of hydrogen-bond acceptors (Lipinski definition) is 4. The minimum absolute atomic E-state index is 0.0856. The molecule has 0 radical (unpaired) electrons. The highest BCUT2D eigenvalue weighted by atomic mass is 32.2. The smallest absolute Gasteiger partial charge is 0.243 e. The second-order valence-corrected chi connectivity index (χ2v) is 6.28. The van der Waals surface area contributed by atoms with Gasteiger partial charge in [0.05, 0.1) is 11.4 Å². The summed E-state index contributed by atoms with van der Waals surface area (Å²) in [5, 5.41) is 2.55. The minimum Gasteiger partial charge on any atom is -0.398 e. The van der Waals surface area contributed by atoms with Crippen LogP contribution in [0, 0.1) is 6.92 Å². The number of sulfonamides is 1. The Morgan fingerprint density at radius 2 is 2.05 bits per heavy atom. The highest BCUT2D eigenvalue weighted by molar-refractivity contribution is 7.89. The van der Waals surface area contributed by atoms with Crippen molar-refractivity contribution < 1.29 is 13.2 Å². The monoisotopic (exact) mass is 285 g/mol. The Morgan fingerprint density at radius 3 is 2.58 bits per heavy atom. The normalized spacial score (nSPS) is 11.6. The first-order chi connectivity index (χ1) is 8.78. The van der Waals surface area contributed by atoms with E-state index in [0.717, 1.165) is 9.87 Å². The molecule has 0 unspecified atom stereocenters. The van der Waals surface area contributed by atoms with Crippen LogP contribution in [0.15, 0.2) is 23.1 Å². The lowest BCUT2D eigenvalue weighted by Gasteiger charge is -2.17. The summed E-state index contributed by atoms with van der Waals surface area (Å²) >= 11 is 0. The van der Waals surface area contributed by atoms with Gasteiger partial charge in [-0.05, 0) is 31.5 Å². The summed E-state index contributed by atoms with van der Waals surface area (Å²) in [4.78, 5) is 11.5. The van der Waals surface area contributed by atoms with E-state index in [4.69, 9.17) is 5.73 Å². The molecule has 0 saturated carbocycles. The minimum atomic E-state index is -3.70. The van der Waals surface area contributed by atoms with Crippen LogP contribution in [0.1, 0.15) is 12.5 Å². The maximum atomic E-state index is 12.2. The lowest BCUT2D eigenvalue weighted by Crippen LogP contribution is -2.38. The number of amides is 1. The molecule has 1 rings (SSSR count). The lowest BCUT2D eigenvalue weighted by atomic mass is 10.2. The van der Waals surface area contributed by atoms with Crippen LogP contribution < -0.4 is 11.1 Å². The number of aryl methyl sites for hydroxylation is 1. The summed E-state index contributed by atoms with van der Waals surface area (Å²) in [6.07, 6.45) is 0. The molecule has 0 aliphatic heterocycles. The van der Waals surface area contributed by atoms with Gasteiger partial charge in [-0.2, -0.15) is 4.31 Å². The van der Waals surface area contributed by atoms with Gasteiger partial charge in [0.25, 0.3) is 0 Å². The molecule has 0 aromatic heterocycles. The van der Waals surface area contributed by atoms with Gasteiger partial charge in [0.15, 0.2) is 0 Å². The van der Waals surface area contributed by atoms with Gasteiger partial charge in [0.2, 0.25) is 15.9 Å². The second-order valence-electron chi connectivity index (χ2n) is 4.23. The van der Waals surface area contributed by atoms with E-state index in [9.17, 15) is 13.2 Å². The Morgan fingerprint density at radius 1 is 1.42 bits per heavy atom. The van der Waals surface area contributed by atoms with Crippen molar-refractivity contribution in [3.05, 3.63) is 23.8 Å². The number of anilines is 1.